The zero-order valence-electron chi connectivity index (χ0n) is 11.7. The summed E-state index contributed by atoms with van der Waals surface area (Å²) < 4.78 is 0. The van der Waals surface area contributed by atoms with Gasteiger partial charge in [0, 0.05) is 11.1 Å². The van der Waals surface area contributed by atoms with Crippen molar-refractivity contribution in [2.75, 3.05) is 7.05 Å². The van der Waals surface area contributed by atoms with Crippen LogP contribution in [-0.4, -0.2) is 13.1 Å². The summed E-state index contributed by atoms with van der Waals surface area (Å²) in [7, 11) is 2.07. The van der Waals surface area contributed by atoms with Gasteiger partial charge in [0.05, 0.1) is 0 Å². The fourth-order valence-electron chi connectivity index (χ4n) is 3.13. The third-order valence-electron chi connectivity index (χ3n) is 4.30. The predicted molar refractivity (Wildman–Crippen MR) is 85.3 cm³/mol. The van der Waals surface area contributed by atoms with Crippen LogP contribution in [0.2, 0.25) is 5.02 Å². The van der Waals surface area contributed by atoms with Crippen molar-refractivity contribution in [1.29, 1.82) is 0 Å². The maximum absolute atomic E-state index is 6.07. The Labute approximate surface area is 126 Å². The molecular formula is C18H20ClN. The normalized spacial score (nSPS) is 22.5. The third kappa shape index (κ3) is 3.05. The molecule has 2 heteroatoms. The van der Waals surface area contributed by atoms with Crippen LogP contribution in [-0.2, 0) is 6.42 Å². The van der Waals surface area contributed by atoms with E-state index in [9.17, 15) is 0 Å². The summed E-state index contributed by atoms with van der Waals surface area (Å²) in [4.78, 5) is 0. The van der Waals surface area contributed by atoms with Crippen molar-refractivity contribution in [2.24, 2.45) is 5.92 Å². The number of hydrogen-bond acceptors (Lipinski definition) is 1. The molecule has 2 aromatic carbocycles. The van der Waals surface area contributed by atoms with E-state index in [1.807, 2.05) is 12.1 Å². The molecule has 0 bridgehead atoms. The minimum atomic E-state index is 0.527. The van der Waals surface area contributed by atoms with Crippen molar-refractivity contribution in [3.63, 3.8) is 0 Å². The minimum Gasteiger partial charge on any atom is -0.316 e. The zero-order chi connectivity index (χ0) is 13.9. The van der Waals surface area contributed by atoms with E-state index < -0.39 is 0 Å². The van der Waals surface area contributed by atoms with Crippen molar-refractivity contribution < 1.29 is 0 Å². The van der Waals surface area contributed by atoms with Crippen LogP contribution in [0.4, 0.5) is 0 Å². The Bertz CT molecular complexity index is 567. The lowest BCUT2D eigenvalue weighted by Crippen LogP contribution is -2.30. The lowest BCUT2D eigenvalue weighted by molar-refractivity contribution is 0.491. The zero-order valence-corrected chi connectivity index (χ0v) is 12.5. The highest BCUT2D eigenvalue weighted by Gasteiger charge is 2.42. The number of nitrogens with one attached hydrogen (secondary N) is 1. The van der Waals surface area contributed by atoms with Gasteiger partial charge < -0.3 is 5.32 Å². The molecule has 1 aliphatic rings. The van der Waals surface area contributed by atoms with Crippen molar-refractivity contribution >= 4 is 11.6 Å². The average molecular weight is 286 g/mol. The van der Waals surface area contributed by atoms with E-state index in [4.69, 9.17) is 11.6 Å². The standard InChI is InChI=1S/C18H20ClN/c1-20-18(11-13-6-5-9-15(19)10-13)17-12-16(17)14-7-3-2-4-8-14/h2-10,16-18,20H,11-12H2,1H3. The van der Waals surface area contributed by atoms with E-state index in [0.717, 1.165) is 17.4 Å². The summed E-state index contributed by atoms with van der Waals surface area (Å²) in [6.07, 6.45) is 2.33. The molecule has 0 spiro atoms. The molecule has 0 aromatic heterocycles. The average Bonchev–Trinajstić information content (AvgIpc) is 3.26. The van der Waals surface area contributed by atoms with Crippen LogP contribution in [0.25, 0.3) is 0 Å². The molecule has 20 heavy (non-hydrogen) atoms. The highest BCUT2D eigenvalue weighted by molar-refractivity contribution is 6.30. The van der Waals surface area contributed by atoms with Gasteiger partial charge in [0.15, 0.2) is 0 Å². The van der Waals surface area contributed by atoms with E-state index in [1.54, 1.807) is 0 Å². The predicted octanol–water partition coefficient (Wildman–Crippen LogP) is 4.27. The Morgan fingerprint density at radius 2 is 1.95 bits per heavy atom. The highest BCUT2D eigenvalue weighted by atomic mass is 35.5. The first kappa shape index (κ1) is 13.7. The summed E-state index contributed by atoms with van der Waals surface area (Å²) in [5, 5.41) is 4.32. The highest BCUT2D eigenvalue weighted by Crippen LogP contribution is 2.49. The summed E-state index contributed by atoms with van der Waals surface area (Å²) in [6.45, 7) is 0. The second-order valence-electron chi connectivity index (χ2n) is 5.65. The van der Waals surface area contributed by atoms with E-state index in [-0.39, 0.29) is 0 Å². The van der Waals surface area contributed by atoms with Crippen molar-refractivity contribution in [1.82, 2.24) is 5.32 Å². The number of hydrogen-bond donors (Lipinski definition) is 1. The van der Waals surface area contributed by atoms with E-state index in [2.05, 4.69) is 54.8 Å². The van der Waals surface area contributed by atoms with Crippen LogP contribution < -0.4 is 5.32 Å². The third-order valence-corrected chi connectivity index (χ3v) is 4.53. The van der Waals surface area contributed by atoms with E-state index in [0.29, 0.717) is 12.0 Å². The van der Waals surface area contributed by atoms with Crippen LogP contribution >= 0.6 is 11.6 Å². The Balaban J connectivity index is 1.67. The van der Waals surface area contributed by atoms with Gasteiger partial charge in [-0.3, -0.25) is 0 Å². The molecule has 104 valence electrons. The maximum Gasteiger partial charge on any atom is 0.0408 e. The summed E-state index contributed by atoms with van der Waals surface area (Å²) in [5.74, 6) is 1.45. The molecule has 0 aliphatic heterocycles. The Hall–Kier alpha value is -1.31. The van der Waals surface area contributed by atoms with Crippen LogP contribution in [0.5, 0.6) is 0 Å². The molecule has 1 nitrogen and oxygen atoms in total. The minimum absolute atomic E-state index is 0.527. The van der Waals surface area contributed by atoms with Gasteiger partial charge in [-0.05, 0) is 55.0 Å². The first-order valence-electron chi connectivity index (χ1n) is 7.24. The lowest BCUT2D eigenvalue weighted by atomic mass is 9.99. The van der Waals surface area contributed by atoms with Crippen LogP contribution in [0.1, 0.15) is 23.5 Å². The van der Waals surface area contributed by atoms with Crippen molar-refractivity contribution in [3.8, 4) is 0 Å². The van der Waals surface area contributed by atoms with Crippen molar-refractivity contribution in [2.45, 2.75) is 24.8 Å². The van der Waals surface area contributed by atoms with Gasteiger partial charge in [-0.2, -0.15) is 0 Å². The fourth-order valence-corrected chi connectivity index (χ4v) is 3.34. The number of halogens is 1. The molecule has 1 fully saturated rings. The Morgan fingerprint density at radius 3 is 2.65 bits per heavy atom. The number of rotatable bonds is 5. The smallest absolute Gasteiger partial charge is 0.0408 e. The quantitative estimate of drug-likeness (QED) is 0.865. The van der Waals surface area contributed by atoms with Gasteiger partial charge in [0.1, 0.15) is 0 Å². The SMILES string of the molecule is CNC(Cc1cccc(Cl)c1)C1CC1c1ccccc1. The molecule has 1 N–H and O–H groups in total. The molecule has 0 amide bonds. The van der Waals surface area contributed by atoms with Crippen LogP contribution in [0.3, 0.4) is 0 Å². The van der Waals surface area contributed by atoms with Gasteiger partial charge in [-0.15, -0.1) is 0 Å². The van der Waals surface area contributed by atoms with Gasteiger partial charge >= 0.3 is 0 Å². The van der Waals surface area contributed by atoms with Gasteiger partial charge in [0.2, 0.25) is 0 Å². The van der Waals surface area contributed by atoms with Crippen LogP contribution in [0, 0.1) is 5.92 Å². The number of likely N-dealkylation sites (N-methyl/N-ethyl adjacent to an activating group) is 1. The molecule has 0 radical (unpaired) electrons. The molecule has 0 heterocycles. The first-order chi connectivity index (χ1) is 9.78. The summed E-state index contributed by atoms with van der Waals surface area (Å²) in [6, 6.07) is 19.6. The second kappa shape index (κ2) is 5.99. The molecular weight excluding hydrogens is 266 g/mol. The largest absolute Gasteiger partial charge is 0.316 e. The summed E-state index contributed by atoms with van der Waals surface area (Å²) in [5.41, 5.74) is 2.79. The first-order valence-corrected chi connectivity index (χ1v) is 7.62. The van der Waals surface area contributed by atoms with Gasteiger partial charge in [-0.1, -0.05) is 54.1 Å². The monoisotopic (exact) mass is 285 g/mol. The second-order valence-corrected chi connectivity index (χ2v) is 6.08. The molecule has 1 aliphatic carbocycles. The Morgan fingerprint density at radius 1 is 1.15 bits per heavy atom. The molecule has 1 saturated carbocycles. The molecule has 3 atom stereocenters. The van der Waals surface area contributed by atoms with E-state index >= 15 is 0 Å². The number of benzene rings is 2. The lowest BCUT2D eigenvalue weighted by Gasteiger charge is -2.16. The van der Waals surface area contributed by atoms with Gasteiger partial charge in [0.25, 0.3) is 0 Å². The van der Waals surface area contributed by atoms with Crippen LogP contribution in [0.15, 0.2) is 54.6 Å². The van der Waals surface area contributed by atoms with E-state index in [1.165, 1.54) is 17.5 Å². The Kier molecular flexibility index (Phi) is 4.09. The van der Waals surface area contributed by atoms with Gasteiger partial charge in [-0.25, -0.2) is 0 Å². The molecule has 2 aromatic rings. The molecule has 3 unspecified atom stereocenters. The molecule has 0 saturated heterocycles. The van der Waals surface area contributed by atoms with Crippen molar-refractivity contribution in [3.05, 3.63) is 70.7 Å². The topological polar surface area (TPSA) is 12.0 Å². The molecule has 3 rings (SSSR count). The fraction of sp³-hybridized carbons (Fsp3) is 0.333. The maximum atomic E-state index is 6.07. The summed E-state index contributed by atoms with van der Waals surface area (Å²) >= 11 is 6.07.